The first-order chi connectivity index (χ1) is 9.11. The molecule has 0 aliphatic rings. The molecule has 0 spiro atoms. The molecule has 0 atom stereocenters. The van der Waals surface area contributed by atoms with E-state index in [1.165, 1.54) is 0 Å². The van der Waals surface area contributed by atoms with Crippen molar-refractivity contribution in [1.82, 2.24) is 0 Å². The van der Waals surface area contributed by atoms with E-state index in [4.69, 9.17) is 5.11 Å². The summed E-state index contributed by atoms with van der Waals surface area (Å²) in [6.07, 6.45) is 0. The maximum atomic E-state index is 12.3. The van der Waals surface area contributed by atoms with Gasteiger partial charge in [0.05, 0.1) is 6.61 Å². The topological polar surface area (TPSA) is 40.5 Å². The minimum atomic E-state index is -0.00793. The van der Waals surface area contributed by atoms with Gasteiger partial charge in [-0.25, -0.2) is 0 Å². The lowest BCUT2D eigenvalue weighted by Crippen LogP contribution is -2.09. The van der Waals surface area contributed by atoms with Crippen LogP contribution in [0.1, 0.15) is 21.5 Å². The smallest absolute Gasteiger partial charge is 0.193 e. The molecule has 0 radical (unpaired) electrons. The number of rotatable bonds is 4. The molecule has 0 fully saturated rings. The molecule has 3 nitrogen and oxygen atoms in total. The highest BCUT2D eigenvalue weighted by Crippen LogP contribution is 2.16. The Bertz CT molecular complexity index is 556. The van der Waals surface area contributed by atoms with Crippen LogP contribution >= 0.6 is 0 Å². The molecule has 98 valence electrons. The number of ketones is 1. The Morgan fingerprint density at radius 2 is 1.42 bits per heavy atom. The Balaban J connectivity index is 2.22. The molecule has 2 rings (SSSR count). The molecule has 0 heterocycles. The molecular weight excluding hydrogens is 238 g/mol. The summed E-state index contributed by atoms with van der Waals surface area (Å²) in [4.78, 5) is 14.2. The maximum absolute atomic E-state index is 12.3. The predicted molar refractivity (Wildman–Crippen MR) is 76.6 cm³/mol. The zero-order chi connectivity index (χ0) is 13.8. The van der Waals surface area contributed by atoms with E-state index in [0.29, 0.717) is 11.1 Å². The highest BCUT2D eigenvalue weighted by Gasteiger charge is 2.09. The van der Waals surface area contributed by atoms with E-state index in [9.17, 15) is 4.79 Å². The van der Waals surface area contributed by atoms with E-state index in [2.05, 4.69) is 0 Å². The minimum absolute atomic E-state index is 0.00482. The summed E-state index contributed by atoms with van der Waals surface area (Å²) in [5, 5.41) is 8.98. The zero-order valence-corrected chi connectivity index (χ0v) is 11.1. The molecule has 19 heavy (non-hydrogen) atoms. The molecule has 0 aliphatic heterocycles. The Kier molecular flexibility index (Phi) is 3.97. The number of hydrogen-bond donors (Lipinski definition) is 1. The van der Waals surface area contributed by atoms with Gasteiger partial charge in [0.15, 0.2) is 5.78 Å². The van der Waals surface area contributed by atoms with E-state index in [1.807, 2.05) is 43.3 Å². The molecule has 2 aromatic carbocycles. The van der Waals surface area contributed by atoms with Gasteiger partial charge in [0.2, 0.25) is 0 Å². The Labute approximate surface area is 113 Å². The van der Waals surface area contributed by atoms with Crippen LogP contribution < -0.4 is 4.90 Å². The van der Waals surface area contributed by atoms with Gasteiger partial charge in [-0.1, -0.05) is 24.3 Å². The van der Waals surface area contributed by atoms with Crippen molar-refractivity contribution in [2.24, 2.45) is 0 Å². The van der Waals surface area contributed by atoms with Gasteiger partial charge in [0.1, 0.15) is 0 Å². The van der Waals surface area contributed by atoms with Crippen molar-refractivity contribution in [2.75, 3.05) is 19.0 Å². The molecule has 0 bridgehead atoms. The monoisotopic (exact) mass is 255 g/mol. The average molecular weight is 255 g/mol. The molecule has 2 aromatic rings. The van der Waals surface area contributed by atoms with Gasteiger partial charge in [-0.2, -0.15) is 0 Å². The summed E-state index contributed by atoms with van der Waals surface area (Å²) >= 11 is 0. The van der Waals surface area contributed by atoms with E-state index in [1.54, 1.807) is 24.3 Å². The van der Waals surface area contributed by atoms with Crippen LogP contribution in [0.25, 0.3) is 0 Å². The number of hydrogen-bond acceptors (Lipinski definition) is 3. The summed E-state index contributed by atoms with van der Waals surface area (Å²) in [7, 11) is 3.93. The van der Waals surface area contributed by atoms with Crippen LogP contribution in [0, 0.1) is 0 Å². The number of carbonyl (C=O) groups is 1. The lowest BCUT2D eigenvalue weighted by Gasteiger charge is -2.12. The van der Waals surface area contributed by atoms with Gasteiger partial charge >= 0.3 is 0 Å². The molecule has 0 unspecified atom stereocenters. The first-order valence-corrected chi connectivity index (χ1v) is 6.13. The van der Waals surface area contributed by atoms with Crippen LogP contribution in [-0.2, 0) is 6.61 Å². The number of aliphatic hydroxyl groups is 1. The summed E-state index contributed by atoms with van der Waals surface area (Å²) in [6, 6.07) is 14.5. The van der Waals surface area contributed by atoms with E-state index in [0.717, 1.165) is 11.3 Å². The quantitative estimate of drug-likeness (QED) is 0.853. The fourth-order valence-electron chi connectivity index (χ4n) is 1.84. The normalized spacial score (nSPS) is 10.3. The number of nitrogens with zero attached hydrogens (tertiary/aromatic N) is 1. The van der Waals surface area contributed by atoms with Crippen molar-refractivity contribution in [3.05, 3.63) is 65.2 Å². The molecule has 3 heteroatoms. The second kappa shape index (κ2) is 5.67. The van der Waals surface area contributed by atoms with Gasteiger partial charge < -0.3 is 10.0 Å². The van der Waals surface area contributed by atoms with Crippen molar-refractivity contribution in [3.8, 4) is 0 Å². The van der Waals surface area contributed by atoms with Gasteiger partial charge in [0, 0.05) is 30.9 Å². The highest BCUT2D eigenvalue weighted by molar-refractivity contribution is 6.09. The SMILES string of the molecule is CN(C)c1ccc(C(=O)c2ccc(CO)cc2)cc1. The molecule has 0 aromatic heterocycles. The molecule has 0 saturated carbocycles. The molecule has 1 N–H and O–H groups in total. The maximum Gasteiger partial charge on any atom is 0.193 e. The predicted octanol–water partition coefficient (Wildman–Crippen LogP) is 2.48. The van der Waals surface area contributed by atoms with Gasteiger partial charge in [-0.15, -0.1) is 0 Å². The second-order valence-corrected chi connectivity index (χ2v) is 4.63. The van der Waals surface area contributed by atoms with E-state index >= 15 is 0 Å². The minimum Gasteiger partial charge on any atom is -0.392 e. The fraction of sp³-hybridized carbons (Fsp3) is 0.188. The third kappa shape index (κ3) is 3.01. The van der Waals surface area contributed by atoms with Crippen LogP contribution in [0.5, 0.6) is 0 Å². The van der Waals surface area contributed by atoms with Crippen LogP contribution in [0.3, 0.4) is 0 Å². The molecule has 0 saturated heterocycles. The zero-order valence-electron chi connectivity index (χ0n) is 11.1. The van der Waals surface area contributed by atoms with Crippen LogP contribution in [-0.4, -0.2) is 25.0 Å². The summed E-state index contributed by atoms with van der Waals surface area (Å²) in [6.45, 7) is -0.00793. The number of anilines is 1. The Morgan fingerprint density at radius 1 is 0.947 bits per heavy atom. The Hall–Kier alpha value is -2.13. The first kappa shape index (κ1) is 13.3. The van der Waals surface area contributed by atoms with Crippen molar-refractivity contribution in [3.63, 3.8) is 0 Å². The standard InChI is InChI=1S/C16H17NO2/c1-17(2)15-9-7-14(8-10-15)16(19)13-5-3-12(11-18)4-6-13/h3-10,18H,11H2,1-2H3. The summed E-state index contributed by atoms with van der Waals surface area (Å²) in [5.74, 6) is -0.00482. The number of carbonyl (C=O) groups excluding carboxylic acids is 1. The lowest BCUT2D eigenvalue weighted by molar-refractivity contribution is 0.103. The fourth-order valence-corrected chi connectivity index (χ4v) is 1.84. The molecule has 0 aliphatic carbocycles. The number of benzene rings is 2. The first-order valence-electron chi connectivity index (χ1n) is 6.13. The molecule has 0 amide bonds. The van der Waals surface area contributed by atoms with Crippen molar-refractivity contribution < 1.29 is 9.90 Å². The largest absolute Gasteiger partial charge is 0.392 e. The Morgan fingerprint density at radius 3 is 1.84 bits per heavy atom. The third-order valence-electron chi connectivity index (χ3n) is 3.04. The van der Waals surface area contributed by atoms with Crippen molar-refractivity contribution >= 4 is 11.5 Å². The van der Waals surface area contributed by atoms with Crippen LogP contribution in [0.2, 0.25) is 0 Å². The van der Waals surface area contributed by atoms with E-state index < -0.39 is 0 Å². The summed E-state index contributed by atoms with van der Waals surface area (Å²) in [5.41, 5.74) is 3.17. The third-order valence-corrected chi connectivity index (χ3v) is 3.04. The average Bonchev–Trinajstić information content (AvgIpc) is 2.46. The van der Waals surface area contributed by atoms with Gasteiger partial charge in [-0.05, 0) is 29.8 Å². The van der Waals surface area contributed by atoms with Crippen LogP contribution in [0.4, 0.5) is 5.69 Å². The van der Waals surface area contributed by atoms with Gasteiger partial charge in [0.25, 0.3) is 0 Å². The lowest BCUT2D eigenvalue weighted by atomic mass is 10.0. The number of aliphatic hydroxyl groups excluding tert-OH is 1. The van der Waals surface area contributed by atoms with Gasteiger partial charge in [-0.3, -0.25) is 4.79 Å². The van der Waals surface area contributed by atoms with E-state index in [-0.39, 0.29) is 12.4 Å². The highest BCUT2D eigenvalue weighted by atomic mass is 16.3. The summed E-state index contributed by atoms with van der Waals surface area (Å²) < 4.78 is 0. The second-order valence-electron chi connectivity index (χ2n) is 4.63. The molecular formula is C16H17NO2. The van der Waals surface area contributed by atoms with Crippen LogP contribution in [0.15, 0.2) is 48.5 Å². The van der Waals surface area contributed by atoms with Crippen molar-refractivity contribution in [2.45, 2.75) is 6.61 Å². The van der Waals surface area contributed by atoms with Crippen molar-refractivity contribution in [1.29, 1.82) is 0 Å².